The van der Waals surface area contributed by atoms with Crippen LogP contribution in [0.2, 0.25) is 0 Å². The predicted molar refractivity (Wildman–Crippen MR) is 85.3 cm³/mol. The maximum Gasteiger partial charge on any atom is 0.226 e. The Kier molecular flexibility index (Phi) is 3.46. The van der Waals surface area contributed by atoms with Gasteiger partial charge in [0.1, 0.15) is 17.5 Å². The Hall–Kier alpha value is -2.82. The fourth-order valence-electron chi connectivity index (χ4n) is 2.88. The van der Waals surface area contributed by atoms with Crippen molar-refractivity contribution in [2.75, 3.05) is 6.54 Å². The molecule has 5 heteroatoms. The molecule has 1 unspecified atom stereocenters. The number of benzene rings is 2. The largest absolute Gasteiger partial charge is 0.488 e. The molecule has 1 aliphatic heterocycles. The van der Waals surface area contributed by atoms with Gasteiger partial charge in [-0.05, 0) is 23.8 Å². The monoisotopic (exact) mass is 308 g/mol. The second-order valence-corrected chi connectivity index (χ2v) is 5.66. The number of carbonyl (C=O) groups excluding carboxylic acids is 1. The Balaban J connectivity index is 1.35. The second-order valence-electron chi connectivity index (χ2n) is 5.66. The molecule has 0 saturated carbocycles. The minimum absolute atomic E-state index is 0.00889. The van der Waals surface area contributed by atoms with Crippen molar-refractivity contribution >= 4 is 16.9 Å². The number of amides is 1. The van der Waals surface area contributed by atoms with Crippen molar-refractivity contribution in [3.8, 4) is 5.75 Å². The molecule has 2 heterocycles. The van der Waals surface area contributed by atoms with E-state index in [0.717, 1.165) is 17.6 Å². The summed E-state index contributed by atoms with van der Waals surface area (Å²) in [6.45, 7) is 0.489. The lowest BCUT2D eigenvalue weighted by Crippen LogP contribution is -2.35. The topological polar surface area (TPSA) is 64.4 Å². The number of fused-ring (bicyclic) bond motifs is 2. The smallest absolute Gasteiger partial charge is 0.226 e. The number of carbonyl (C=O) groups is 1. The fraction of sp³-hybridized carbons (Fsp3) is 0.222. The zero-order valence-corrected chi connectivity index (χ0v) is 12.5. The average molecular weight is 308 g/mol. The average Bonchev–Trinajstić information content (AvgIpc) is 3.17. The van der Waals surface area contributed by atoms with Crippen molar-refractivity contribution in [3.63, 3.8) is 0 Å². The van der Waals surface area contributed by atoms with Gasteiger partial charge in [-0.2, -0.15) is 0 Å². The van der Waals surface area contributed by atoms with Crippen molar-refractivity contribution in [1.29, 1.82) is 0 Å². The maximum absolute atomic E-state index is 12.1. The molecule has 5 nitrogen and oxygen atoms in total. The van der Waals surface area contributed by atoms with Gasteiger partial charge in [-0.25, -0.2) is 0 Å². The molecule has 116 valence electrons. The molecule has 2 aromatic carbocycles. The van der Waals surface area contributed by atoms with E-state index in [1.54, 1.807) is 0 Å². The first kappa shape index (κ1) is 13.8. The minimum Gasteiger partial charge on any atom is -0.488 e. The molecule has 1 aromatic heterocycles. The van der Waals surface area contributed by atoms with Crippen molar-refractivity contribution < 1.29 is 14.1 Å². The van der Waals surface area contributed by atoms with E-state index in [9.17, 15) is 4.79 Å². The molecule has 23 heavy (non-hydrogen) atoms. The summed E-state index contributed by atoms with van der Waals surface area (Å²) in [6, 6.07) is 15.5. The van der Waals surface area contributed by atoms with Crippen molar-refractivity contribution in [1.82, 2.24) is 10.5 Å². The molecule has 0 spiro atoms. The normalized spacial score (nSPS) is 16.1. The van der Waals surface area contributed by atoms with Gasteiger partial charge in [0.05, 0.1) is 13.0 Å². The molecular formula is C18H16N2O3. The van der Waals surface area contributed by atoms with Crippen LogP contribution < -0.4 is 10.1 Å². The third-order valence-electron chi connectivity index (χ3n) is 4.02. The summed E-state index contributed by atoms with van der Waals surface area (Å²) < 4.78 is 11.0. The van der Waals surface area contributed by atoms with Gasteiger partial charge in [0, 0.05) is 11.8 Å². The Morgan fingerprint density at radius 1 is 1.17 bits per heavy atom. The number of para-hydroxylation sites is 2. The lowest BCUT2D eigenvalue weighted by molar-refractivity contribution is -0.120. The van der Waals surface area contributed by atoms with Crippen LogP contribution in [-0.4, -0.2) is 23.7 Å². The highest BCUT2D eigenvalue weighted by molar-refractivity contribution is 5.86. The lowest BCUT2D eigenvalue weighted by Gasteiger charge is -2.11. The first-order valence-corrected chi connectivity index (χ1v) is 7.64. The van der Waals surface area contributed by atoms with Crippen molar-refractivity contribution in [3.05, 3.63) is 59.8 Å². The van der Waals surface area contributed by atoms with Crippen LogP contribution in [0.1, 0.15) is 11.3 Å². The van der Waals surface area contributed by atoms with Gasteiger partial charge in [0.2, 0.25) is 5.91 Å². The molecule has 3 aromatic rings. The first-order chi connectivity index (χ1) is 11.3. The van der Waals surface area contributed by atoms with E-state index in [4.69, 9.17) is 9.26 Å². The summed E-state index contributed by atoms with van der Waals surface area (Å²) in [4.78, 5) is 12.1. The van der Waals surface area contributed by atoms with Crippen LogP contribution in [0.25, 0.3) is 11.0 Å². The van der Waals surface area contributed by atoms with Gasteiger partial charge in [-0.3, -0.25) is 4.79 Å². The van der Waals surface area contributed by atoms with Gasteiger partial charge in [-0.1, -0.05) is 35.5 Å². The van der Waals surface area contributed by atoms with Crippen molar-refractivity contribution in [2.45, 2.75) is 18.9 Å². The summed E-state index contributed by atoms with van der Waals surface area (Å²) in [6.07, 6.45) is 1.02. The van der Waals surface area contributed by atoms with Gasteiger partial charge in [-0.15, -0.1) is 0 Å². The lowest BCUT2D eigenvalue weighted by atomic mass is 10.1. The fourth-order valence-corrected chi connectivity index (χ4v) is 2.88. The summed E-state index contributed by atoms with van der Waals surface area (Å²) in [5, 5.41) is 7.78. The van der Waals surface area contributed by atoms with Gasteiger partial charge < -0.3 is 14.6 Å². The molecule has 4 rings (SSSR count). The zero-order chi connectivity index (χ0) is 15.6. The summed E-state index contributed by atoms with van der Waals surface area (Å²) in [5.74, 6) is 0.831. The SMILES string of the molecule is O=C(Cc1noc2ccccc12)NCC1Cc2ccccc2O1. The second kappa shape index (κ2) is 5.76. The maximum atomic E-state index is 12.1. The highest BCUT2D eigenvalue weighted by Crippen LogP contribution is 2.27. The zero-order valence-electron chi connectivity index (χ0n) is 12.5. The van der Waals surface area contributed by atoms with Gasteiger partial charge >= 0.3 is 0 Å². The summed E-state index contributed by atoms with van der Waals surface area (Å²) >= 11 is 0. The van der Waals surface area contributed by atoms with E-state index >= 15 is 0 Å². The van der Waals surface area contributed by atoms with Crippen LogP contribution in [0.15, 0.2) is 53.1 Å². The molecule has 1 aliphatic rings. The van der Waals surface area contributed by atoms with Crippen LogP contribution in [-0.2, 0) is 17.6 Å². The molecule has 1 N–H and O–H groups in total. The summed E-state index contributed by atoms with van der Waals surface area (Å²) in [5.41, 5.74) is 2.55. The minimum atomic E-state index is -0.0800. The molecule has 0 saturated heterocycles. The van der Waals surface area contributed by atoms with E-state index in [2.05, 4.69) is 16.5 Å². The molecule has 0 aliphatic carbocycles. The van der Waals surface area contributed by atoms with Crippen molar-refractivity contribution in [2.24, 2.45) is 0 Å². The highest BCUT2D eigenvalue weighted by Gasteiger charge is 2.23. The third kappa shape index (κ3) is 2.77. The number of nitrogens with zero attached hydrogens (tertiary/aromatic N) is 1. The summed E-state index contributed by atoms with van der Waals surface area (Å²) in [7, 11) is 0. The van der Waals surface area contributed by atoms with E-state index < -0.39 is 0 Å². The van der Waals surface area contributed by atoms with Crippen LogP contribution in [0.3, 0.4) is 0 Å². The van der Waals surface area contributed by atoms with E-state index in [0.29, 0.717) is 17.8 Å². The number of nitrogens with one attached hydrogen (secondary N) is 1. The Morgan fingerprint density at radius 3 is 2.91 bits per heavy atom. The first-order valence-electron chi connectivity index (χ1n) is 7.64. The molecule has 1 atom stereocenters. The Bertz CT molecular complexity index is 831. The van der Waals surface area contributed by atoms with E-state index in [1.807, 2.05) is 42.5 Å². The standard InChI is InChI=1S/C18H16N2O3/c21-18(10-15-14-6-2-4-8-17(14)23-20-15)19-11-13-9-12-5-1-3-7-16(12)22-13/h1-8,13H,9-11H2,(H,19,21). The van der Waals surface area contributed by atoms with E-state index in [-0.39, 0.29) is 18.4 Å². The van der Waals surface area contributed by atoms with Crippen LogP contribution in [0.5, 0.6) is 5.75 Å². The van der Waals surface area contributed by atoms with Gasteiger partial charge in [0.25, 0.3) is 0 Å². The number of ether oxygens (including phenoxy) is 1. The molecule has 1 amide bonds. The highest BCUT2D eigenvalue weighted by atomic mass is 16.5. The number of hydrogen-bond donors (Lipinski definition) is 1. The van der Waals surface area contributed by atoms with Gasteiger partial charge in [0.15, 0.2) is 5.58 Å². The van der Waals surface area contributed by atoms with Crippen LogP contribution in [0.4, 0.5) is 0 Å². The quantitative estimate of drug-likeness (QED) is 0.804. The number of hydrogen-bond acceptors (Lipinski definition) is 4. The number of rotatable bonds is 4. The van der Waals surface area contributed by atoms with Crippen LogP contribution >= 0.6 is 0 Å². The predicted octanol–water partition coefficient (Wildman–Crippen LogP) is 2.49. The van der Waals surface area contributed by atoms with E-state index in [1.165, 1.54) is 5.56 Å². The molecule has 0 radical (unpaired) electrons. The molecule has 0 fully saturated rings. The molecule has 0 bridgehead atoms. The Labute approximate surface area is 133 Å². The Morgan fingerprint density at radius 2 is 2.00 bits per heavy atom. The van der Waals surface area contributed by atoms with Crippen LogP contribution in [0, 0.1) is 0 Å². The molecular weight excluding hydrogens is 292 g/mol. The third-order valence-corrected chi connectivity index (χ3v) is 4.02. The number of aromatic nitrogens is 1.